The van der Waals surface area contributed by atoms with E-state index < -0.39 is 34.1 Å². The Hall–Kier alpha value is -2.39. The highest BCUT2D eigenvalue weighted by Gasteiger charge is 2.31. The van der Waals surface area contributed by atoms with Gasteiger partial charge in [0.2, 0.25) is 21.8 Å². The van der Waals surface area contributed by atoms with Gasteiger partial charge in [0.25, 0.3) is 0 Å². The van der Waals surface area contributed by atoms with Gasteiger partial charge in [-0.1, -0.05) is 34.1 Å². The van der Waals surface area contributed by atoms with E-state index in [2.05, 4.69) is 21.2 Å². The fraction of sp³-hybridized carbons (Fsp3) is 0.440. The van der Waals surface area contributed by atoms with Crippen LogP contribution in [-0.4, -0.2) is 49.5 Å². The molecule has 1 N–H and O–H groups in total. The van der Waals surface area contributed by atoms with Crippen molar-refractivity contribution in [3.63, 3.8) is 0 Å². The minimum atomic E-state index is -3.76. The molecule has 0 aromatic heterocycles. The van der Waals surface area contributed by atoms with E-state index in [0.717, 1.165) is 31.7 Å². The Bertz CT molecular complexity index is 1140. The zero-order valence-electron chi connectivity index (χ0n) is 20.8. The van der Waals surface area contributed by atoms with Gasteiger partial charge in [0.15, 0.2) is 0 Å². The number of carbonyl (C=O) groups excluding carboxylic acids is 2. The van der Waals surface area contributed by atoms with Gasteiger partial charge >= 0.3 is 0 Å². The summed E-state index contributed by atoms with van der Waals surface area (Å²) in [6.45, 7) is 10.7. The molecule has 0 radical (unpaired) electrons. The molecule has 2 amide bonds. The fourth-order valence-corrected chi connectivity index (χ4v) is 4.88. The Balaban J connectivity index is 2.44. The lowest BCUT2D eigenvalue weighted by atomic mass is 10.1. The zero-order chi connectivity index (χ0) is 25.8. The third kappa shape index (κ3) is 8.13. The fourth-order valence-electron chi connectivity index (χ4n) is 3.60. The molecular formula is C25H34BrN3O4S. The molecule has 1 atom stereocenters. The van der Waals surface area contributed by atoms with Gasteiger partial charge < -0.3 is 10.2 Å². The quantitative estimate of drug-likeness (QED) is 0.533. The van der Waals surface area contributed by atoms with Crippen molar-refractivity contribution in [3.05, 3.63) is 63.6 Å². The zero-order valence-corrected chi connectivity index (χ0v) is 23.2. The topological polar surface area (TPSA) is 86.8 Å². The van der Waals surface area contributed by atoms with Crippen molar-refractivity contribution in [1.29, 1.82) is 0 Å². The van der Waals surface area contributed by atoms with Crippen LogP contribution in [0.5, 0.6) is 0 Å². The molecule has 0 fully saturated rings. The molecule has 2 aromatic rings. The number of amides is 2. The molecule has 186 valence electrons. The van der Waals surface area contributed by atoms with E-state index in [1.165, 1.54) is 4.90 Å². The Morgan fingerprint density at radius 3 is 2.15 bits per heavy atom. The summed E-state index contributed by atoms with van der Waals surface area (Å²) < 4.78 is 27.3. The third-order valence-electron chi connectivity index (χ3n) is 5.08. The number of carbonyl (C=O) groups is 2. The van der Waals surface area contributed by atoms with Crippen LogP contribution in [0.4, 0.5) is 5.69 Å². The van der Waals surface area contributed by atoms with Crippen LogP contribution in [-0.2, 0) is 26.2 Å². The van der Waals surface area contributed by atoms with Crippen molar-refractivity contribution in [2.45, 2.75) is 59.7 Å². The largest absolute Gasteiger partial charge is 0.350 e. The normalized spacial score (nSPS) is 12.7. The second kappa shape index (κ2) is 10.9. The number of rotatable bonds is 8. The maximum atomic E-state index is 13.6. The summed E-state index contributed by atoms with van der Waals surface area (Å²) in [4.78, 5) is 28.0. The Morgan fingerprint density at radius 2 is 1.65 bits per heavy atom. The second-order valence-corrected chi connectivity index (χ2v) is 12.5. The van der Waals surface area contributed by atoms with Gasteiger partial charge in [-0.05, 0) is 82.5 Å². The number of anilines is 1. The number of hydrogen-bond acceptors (Lipinski definition) is 4. The van der Waals surface area contributed by atoms with Crippen molar-refractivity contribution in [1.82, 2.24) is 10.2 Å². The second-order valence-electron chi connectivity index (χ2n) is 9.68. The van der Waals surface area contributed by atoms with Gasteiger partial charge in [0.1, 0.15) is 12.6 Å². The number of halogens is 1. The number of benzene rings is 2. The van der Waals surface area contributed by atoms with Crippen LogP contribution in [0, 0.1) is 13.8 Å². The molecule has 2 rings (SSSR count). The summed E-state index contributed by atoms with van der Waals surface area (Å²) in [7, 11) is -3.76. The molecule has 0 bridgehead atoms. The summed E-state index contributed by atoms with van der Waals surface area (Å²) in [5.74, 6) is -0.783. The van der Waals surface area contributed by atoms with Crippen molar-refractivity contribution in [2.24, 2.45) is 0 Å². The number of sulfonamides is 1. The van der Waals surface area contributed by atoms with Crippen LogP contribution in [0.15, 0.2) is 46.9 Å². The molecule has 7 nitrogen and oxygen atoms in total. The maximum Gasteiger partial charge on any atom is 0.244 e. The van der Waals surface area contributed by atoms with Crippen LogP contribution < -0.4 is 9.62 Å². The van der Waals surface area contributed by atoms with Crippen molar-refractivity contribution < 1.29 is 18.0 Å². The number of nitrogens with one attached hydrogen (secondary N) is 1. The first-order chi connectivity index (χ1) is 15.6. The SMILES string of the molecule is Cc1cc(C)cc(N(CC(=O)N(Cc2cccc(Br)c2)[C@H](C)C(=O)NC(C)(C)C)S(C)(=O)=O)c1. The molecule has 0 aliphatic carbocycles. The monoisotopic (exact) mass is 551 g/mol. The predicted octanol–water partition coefficient (Wildman–Crippen LogP) is 4.16. The highest BCUT2D eigenvalue weighted by Crippen LogP contribution is 2.23. The number of nitrogens with zero attached hydrogens (tertiary/aromatic N) is 2. The van der Waals surface area contributed by atoms with E-state index in [1.807, 2.05) is 65.0 Å². The van der Waals surface area contributed by atoms with Gasteiger partial charge in [0, 0.05) is 16.6 Å². The molecule has 0 heterocycles. The molecule has 0 unspecified atom stereocenters. The van der Waals surface area contributed by atoms with Crippen LogP contribution in [0.1, 0.15) is 44.4 Å². The first kappa shape index (κ1) is 27.9. The van der Waals surface area contributed by atoms with Crippen molar-refractivity contribution >= 4 is 43.5 Å². The lowest BCUT2D eigenvalue weighted by Crippen LogP contribution is -2.54. The first-order valence-electron chi connectivity index (χ1n) is 11.0. The lowest BCUT2D eigenvalue weighted by molar-refractivity contribution is -0.140. The smallest absolute Gasteiger partial charge is 0.244 e. The maximum absolute atomic E-state index is 13.6. The van der Waals surface area contributed by atoms with Gasteiger partial charge in [-0.2, -0.15) is 0 Å². The van der Waals surface area contributed by atoms with E-state index in [-0.39, 0.29) is 12.5 Å². The molecule has 9 heteroatoms. The standard InChI is InChI=1S/C25H34BrN3O4S/c1-17-11-18(2)13-22(12-17)29(34(7,32)33)16-23(30)28(15-20-9-8-10-21(26)14-20)19(3)24(31)27-25(4,5)6/h8-14,19H,15-16H2,1-7H3,(H,27,31)/t19-/m1/s1. The minimum Gasteiger partial charge on any atom is -0.350 e. The molecule has 34 heavy (non-hydrogen) atoms. The summed E-state index contributed by atoms with van der Waals surface area (Å²) in [5.41, 5.74) is 2.53. The third-order valence-corrected chi connectivity index (χ3v) is 6.71. The van der Waals surface area contributed by atoms with Crippen molar-refractivity contribution in [3.8, 4) is 0 Å². The summed E-state index contributed by atoms with van der Waals surface area (Å²) in [5, 5.41) is 2.91. The van der Waals surface area contributed by atoms with Crippen molar-refractivity contribution in [2.75, 3.05) is 17.1 Å². The Morgan fingerprint density at radius 1 is 1.06 bits per heavy atom. The summed E-state index contributed by atoms with van der Waals surface area (Å²) in [6.07, 6.45) is 1.08. The van der Waals surface area contributed by atoms with Gasteiger partial charge in [-0.3, -0.25) is 13.9 Å². The highest BCUT2D eigenvalue weighted by atomic mass is 79.9. The van der Waals surface area contributed by atoms with E-state index >= 15 is 0 Å². The summed E-state index contributed by atoms with van der Waals surface area (Å²) in [6, 6.07) is 12.0. The molecule has 0 saturated carbocycles. The average molecular weight is 553 g/mol. The minimum absolute atomic E-state index is 0.154. The van der Waals surface area contributed by atoms with E-state index in [9.17, 15) is 18.0 Å². The van der Waals surface area contributed by atoms with Crippen LogP contribution in [0.3, 0.4) is 0 Å². The van der Waals surface area contributed by atoms with Gasteiger partial charge in [0.05, 0.1) is 11.9 Å². The first-order valence-corrected chi connectivity index (χ1v) is 13.6. The molecule has 0 aliphatic heterocycles. The van der Waals surface area contributed by atoms with E-state index in [1.54, 1.807) is 19.1 Å². The van der Waals surface area contributed by atoms with Crippen LogP contribution in [0.2, 0.25) is 0 Å². The van der Waals surface area contributed by atoms with E-state index in [4.69, 9.17) is 0 Å². The average Bonchev–Trinajstić information content (AvgIpc) is 2.66. The predicted molar refractivity (Wildman–Crippen MR) is 140 cm³/mol. The number of aryl methyl sites for hydroxylation is 2. The lowest BCUT2D eigenvalue weighted by Gasteiger charge is -2.33. The molecule has 2 aromatic carbocycles. The molecule has 0 saturated heterocycles. The van der Waals surface area contributed by atoms with Crippen LogP contribution in [0.25, 0.3) is 0 Å². The Kier molecular flexibility index (Phi) is 8.93. The number of hydrogen-bond donors (Lipinski definition) is 1. The van der Waals surface area contributed by atoms with E-state index in [0.29, 0.717) is 5.69 Å². The van der Waals surface area contributed by atoms with Gasteiger partial charge in [-0.25, -0.2) is 8.42 Å². The molecular weight excluding hydrogens is 518 g/mol. The van der Waals surface area contributed by atoms with Crippen LogP contribution >= 0.6 is 15.9 Å². The Labute approximate surface area is 211 Å². The molecule has 0 spiro atoms. The molecule has 0 aliphatic rings. The highest BCUT2D eigenvalue weighted by molar-refractivity contribution is 9.10. The van der Waals surface area contributed by atoms with Gasteiger partial charge in [-0.15, -0.1) is 0 Å². The summed E-state index contributed by atoms with van der Waals surface area (Å²) >= 11 is 3.44.